The number of ether oxygens (including phenoxy) is 1. The fourth-order valence-corrected chi connectivity index (χ4v) is 1.36. The summed E-state index contributed by atoms with van der Waals surface area (Å²) in [6.45, 7) is 3.09. The lowest BCUT2D eigenvalue weighted by Gasteiger charge is -2.17. The van der Waals surface area contributed by atoms with Crippen LogP contribution in [0.25, 0.3) is 0 Å². The molecule has 4 heteroatoms. The zero-order valence-corrected chi connectivity index (χ0v) is 9.76. The van der Waals surface area contributed by atoms with Gasteiger partial charge in [0, 0.05) is 17.3 Å². The first-order valence-electron chi connectivity index (χ1n) is 5.35. The maximum Gasteiger partial charge on any atom is 0.387 e. The Balaban J connectivity index is 2.86. The number of anilines is 1. The Morgan fingerprint density at radius 2 is 2.06 bits per heavy atom. The van der Waals surface area contributed by atoms with E-state index < -0.39 is 6.61 Å². The topological polar surface area (TPSA) is 21.3 Å². The molecule has 90 valence electrons. The quantitative estimate of drug-likeness (QED) is 0.829. The van der Waals surface area contributed by atoms with Crippen molar-refractivity contribution in [3.8, 4) is 5.75 Å². The SMILES string of the molecule is CCC(C)Nc1cccc(OC(F)F)c1C. The molecule has 0 saturated heterocycles. The normalized spacial score (nSPS) is 12.6. The van der Waals surface area contributed by atoms with E-state index >= 15 is 0 Å². The second-order valence-corrected chi connectivity index (χ2v) is 3.76. The van der Waals surface area contributed by atoms with Crippen molar-refractivity contribution in [1.82, 2.24) is 0 Å². The fraction of sp³-hybridized carbons (Fsp3) is 0.500. The number of nitrogens with one attached hydrogen (secondary N) is 1. The van der Waals surface area contributed by atoms with Gasteiger partial charge in [-0.25, -0.2) is 0 Å². The maximum absolute atomic E-state index is 12.1. The van der Waals surface area contributed by atoms with Crippen molar-refractivity contribution in [2.24, 2.45) is 0 Å². The van der Waals surface area contributed by atoms with Crippen LogP contribution in [0.5, 0.6) is 5.75 Å². The van der Waals surface area contributed by atoms with Gasteiger partial charge in [-0.3, -0.25) is 0 Å². The molecule has 1 N–H and O–H groups in total. The predicted octanol–water partition coefficient (Wildman–Crippen LogP) is 3.81. The van der Waals surface area contributed by atoms with E-state index in [-0.39, 0.29) is 5.75 Å². The molecule has 0 aromatic heterocycles. The van der Waals surface area contributed by atoms with Crippen molar-refractivity contribution in [2.45, 2.75) is 39.8 Å². The maximum atomic E-state index is 12.1. The number of alkyl halides is 2. The first-order chi connectivity index (χ1) is 7.54. The summed E-state index contributed by atoms with van der Waals surface area (Å²) < 4.78 is 28.7. The lowest BCUT2D eigenvalue weighted by molar-refractivity contribution is -0.0502. The summed E-state index contributed by atoms with van der Waals surface area (Å²) in [7, 11) is 0. The monoisotopic (exact) mass is 229 g/mol. The smallest absolute Gasteiger partial charge is 0.387 e. The molecule has 0 amide bonds. The Morgan fingerprint density at radius 1 is 1.38 bits per heavy atom. The molecule has 0 bridgehead atoms. The summed E-state index contributed by atoms with van der Waals surface area (Å²) in [6, 6.07) is 5.42. The number of halogens is 2. The van der Waals surface area contributed by atoms with Crippen LogP contribution in [-0.2, 0) is 0 Å². The third-order valence-corrected chi connectivity index (χ3v) is 2.51. The van der Waals surface area contributed by atoms with E-state index in [2.05, 4.69) is 17.0 Å². The molecule has 0 aliphatic carbocycles. The zero-order valence-electron chi connectivity index (χ0n) is 9.76. The van der Waals surface area contributed by atoms with Gasteiger partial charge in [0.05, 0.1) is 0 Å². The molecule has 1 atom stereocenters. The molecular formula is C12H17F2NO. The fourth-order valence-electron chi connectivity index (χ4n) is 1.36. The van der Waals surface area contributed by atoms with Crippen LogP contribution < -0.4 is 10.1 Å². The third kappa shape index (κ3) is 3.36. The molecule has 1 rings (SSSR count). The van der Waals surface area contributed by atoms with E-state index in [0.29, 0.717) is 11.6 Å². The predicted molar refractivity (Wildman–Crippen MR) is 61.2 cm³/mol. The Labute approximate surface area is 94.6 Å². The van der Waals surface area contributed by atoms with E-state index in [1.807, 2.05) is 13.0 Å². The summed E-state index contributed by atoms with van der Waals surface area (Å²) in [6.07, 6.45) is 0.972. The molecule has 0 aliphatic rings. The van der Waals surface area contributed by atoms with Crippen molar-refractivity contribution in [3.63, 3.8) is 0 Å². The van der Waals surface area contributed by atoms with Gasteiger partial charge in [-0.1, -0.05) is 13.0 Å². The minimum absolute atomic E-state index is 0.225. The van der Waals surface area contributed by atoms with Crippen LogP contribution in [0.1, 0.15) is 25.8 Å². The molecule has 2 nitrogen and oxygen atoms in total. The first-order valence-corrected chi connectivity index (χ1v) is 5.35. The minimum atomic E-state index is -2.78. The molecule has 0 radical (unpaired) electrons. The van der Waals surface area contributed by atoms with Crippen LogP contribution in [0, 0.1) is 6.92 Å². The van der Waals surface area contributed by atoms with E-state index in [9.17, 15) is 8.78 Å². The number of benzene rings is 1. The van der Waals surface area contributed by atoms with Gasteiger partial charge >= 0.3 is 6.61 Å². The summed E-state index contributed by atoms with van der Waals surface area (Å²) in [5.41, 5.74) is 1.55. The van der Waals surface area contributed by atoms with E-state index in [1.165, 1.54) is 0 Å². The highest BCUT2D eigenvalue weighted by atomic mass is 19.3. The van der Waals surface area contributed by atoms with Crippen molar-refractivity contribution < 1.29 is 13.5 Å². The molecular weight excluding hydrogens is 212 g/mol. The van der Waals surface area contributed by atoms with Crippen molar-refractivity contribution >= 4 is 5.69 Å². The number of hydrogen-bond acceptors (Lipinski definition) is 2. The molecule has 0 spiro atoms. The summed E-state index contributed by atoms with van der Waals surface area (Å²) >= 11 is 0. The first kappa shape index (κ1) is 12.7. The Kier molecular flexibility index (Phi) is 4.52. The van der Waals surface area contributed by atoms with Crippen LogP contribution in [0.15, 0.2) is 18.2 Å². The van der Waals surface area contributed by atoms with Crippen LogP contribution in [0.2, 0.25) is 0 Å². The van der Waals surface area contributed by atoms with Gasteiger partial charge in [-0.05, 0) is 32.4 Å². The van der Waals surface area contributed by atoms with Crippen molar-refractivity contribution in [3.05, 3.63) is 23.8 Å². The molecule has 0 fully saturated rings. The third-order valence-electron chi connectivity index (χ3n) is 2.51. The molecule has 0 saturated carbocycles. The second kappa shape index (κ2) is 5.68. The summed E-state index contributed by atoms with van der Waals surface area (Å²) in [5.74, 6) is 0.225. The van der Waals surface area contributed by atoms with Gasteiger partial charge in [-0.2, -0.15) is 8.78 Å². The summed E-state index contributed by atoms with van der Waals surface area (Å²) in [4.78, 5) is 0. The second-order valence-electron chi connectivity index (χ2n) is 3.76. The van der Waals surface area contributed by atoms with Gasteiger partial charge in [0.25, 0.3) is 0 Å². The molecule has 1 aromatic carbocycles. The van der Waals surface area contributed by atoms with Gasteiger partial charge < -0.3 is 10.1 Å². The average Bonchev–Trinajstić information content (AvgIpc) is 2.23. The van der Waals surface area contributed by atoms with Crippen molar-refractivity contribution in [1.29, 1.82) is 0 Å². The number of rotatable bonds is 5. The Morgan fingerprint density at radius 3 is 2.62 bits per heavy atom. The number of hydrogen-bond donors (Lipinski definition) is 1. The average molecular weight is 229 g/mol. The Bertz CT molecular complexity index is 342. The lowest BCUT2D eigenvalue weighted by atomic mass is 10.1. The lowest BCUT2D eigenvalue weighted by Crippen LogP contribution is -2.14. The van der Waals surface area contributed by atoms with Crippen LogP contribution in [0.3, 0.4) is 0 Å². The van der Waals surface area contributed by atoms with Gasteiger partial charge in [0.15, 0.2) is 0 Å². The highest BCUT2D eigenvalue weighted by Gasteiger charge is 2.10. The molecule has 16 heavy (non-hydrogen) atoms. The van der Waals surface area contributed by atoms with E-state index in [0.717, 1.165) is 12.1 Å². The van der Waals surface area contributed by atoms with Gasteiger partial charge in [0.1, 0.15) is 5.75 Å². The standard InChI is InChI=1S/C12H17F2NO/c1-4-8(2)15-10-6-5-7-11(9(10)3)16-12(13)14/h5-8,12,15H,4H2,1-3H3. The van der Waals surface area contributed by atoms with Crippen LogP contribution in [-0.4, -0.2) is 12.7 Å². The van der Waals surface area contributed by atoms with E-state index in [1.54, 1.807) is 19.1 Å². The van der Waals surface area contributed by atoms with Crippen molar-refractivity contribution in [2.75, 3.05) is 5.32 Å². The summed E-state index contributed by atoms with van der Waals surface area (Å²) in [5, 5.41) is 3.25. The molecule has 1 aromatic rings. The molecule has 1 unspecified atom stereocenters. The minimum Gasteiger partial charge on any atom is -0.434 e. The zero-order chi connectivity index (χ0) is 12.1. The molecule has 0 aliphatic heterocycles. The highest BCUT2D eigenvalue weighted by molar-refractivity contribution is 5.57. The van der Waals surface area contributed by atoms with Gasteiger partial charge in [0.2, 0.25) is 0 Å². The van der Waals surface area contributed by atoms with Gasteiger partial charge in [-0.15, -0.1) is 0 Å². The molecule has 0 heterocycles. The largest absolute Gasteiger partial charge is 0.434 e. The van der Waals surface area contributed by atoms with Crippen LogP contribution >= 0.6 is 0 Å². The van der Waals surface area contributed by atoms with E-state index in [4.69, 9.17) is 0 Å². The Hall–Kier alpha value is -1.32. The highest BCUT2D eigenvalue weighted by Crippen LogP contribution is 2.27. The van der Waals surface area contributed by atoms with Crippen LogP contribution in [0.4, 0.5) is 14.5 Å².